The highest BCUT2D eigenvalue weighted by atomic mass is 16.4. The Kier molecular flexibility index (Phi) is 4.36. The van der Waals surface area contributed by atoms with E-state index in [9.17, 15) is 14.4 Å². The number of rotatable bonds is 5. The summed E-state index contributed by atoms with van der Waals surface area (Å²) < 4.78 is 0. The van der Waals surface area contributed by atoms with Gasteiger partial charge in [0.2, 0.25) is 0 Å². The van der Waals surface area contributed by atoms with Gasteiger partial charge in [-0.1, -0.05) is 6.07 Å². The fraction of sp³-hybridized carbons (Fsp3) is 0.273. The second-order valence-corrected chi connectivity index (χ2v) is 3.63. The molecule has 1 aromatic rings. The molecular formula is C11H12N2O5. The molecule has 0 saturated heterocycles. The topological polar surface area (TPSA) is 117 Å². The summed E-state index contributed by atoms with van der Waals surface area (Å²) in [6, 6.07) is 1.81. The number of aromatic nitrogens is 1. The van der Waals surface area contributed by atoms with Crippen molar-refractivity contribution in [1.82, 2.24) is 10.3 Å². The number of nitrogens with zero attached hydrogens (tertiary/aromatic N) is 1. The molecule has 1 heterocycles. The first kappa shape index (κ1) is 13.6. The number of carbonyl (C=O) groups excluding carboxylic acids is 1. The Bertz CT molecular complexity index is 486. The van der Waals surface area contributed by atoms with E-state index in [0.717, 1.165) is 0 Å². The van der Waals surface area contributed by atoms with Crippen LogP contribution in [0.15, 0.2) is 18.3 Å². The first-order valence-corrected chi connectivity index (χ1v) is 5.09. The van der Waals surface area contributed by atoms with E-state index in [2.05, 4.69) is 10.3 Å². The SMILES string of the molecule is Cc1cccnc1C(=O)N[C@@H](CC(=O)O)C(=O)O. The summed E-state index contributed by atoms with van der Waals surface area (Å²) in [7, 11) is 0. The first-order valence-electron chi connectivity index (χ1n) is 5.09. The number of nitrogens with one attached hydrogen (secondary N) is 1. The van der Waals surface area contributed by atoms with Crippen LogP contribution in [0, 0.1) is 6.92 Å². The van der Waals surface area contributed by atoms with E-state index in [-0.39, 0.29) is 5.69 Å². The van der Waals surface area contributed by atoms with E-state index in [1.165, 1.54) is 6.20 Å². The maximum absolute atomic E-state index is 11.7. The maximum Gasteiger partial charge on any atom is 0.326 e. The van der Waals surface area contributed by atoms with Gasteiger partial charge < -0.3 is 15.5 Å². The third kappa shape index (κ3) is 3.55. The molecule has 96 valence electrons. The van der Waals surface area contributed by atoms with E-state index in [0.29, 0.717) is 5.56 Å². The molecule has 1 amide bonds. The molecule has 0 aromatic carbocycles. The lowest BCUT2D eigenvalue weighted by Gasteiger charge is -2.12. The van der Waals surface area contributed by atoms with Crippen molar-refractivity contribution < 1.29 is 24.6 Å². The van der Waals surface area contributed by atoms with Gasteiger partial charge in [-0.3, -0.25) is 14.6 Å². The van der Waals surface area contributed by atoms with Crippen LogP contribution >= 0.6 is 0 Å². The number of hydrogen-bond acceptors (Lipinski definition) is 4. The van der Waals surface area contributed by atoms with Crippen LogP contribution in [-0.2, 0) is 9.59 Å². The van der Waals surface area contributed by atoms with Crippen LogP contribution in [0.1, 0.15) is 22.5 Å². The Morgan fingerprint density at radius 2 is 2.06 bits per heavy atom. The van der Waals surface area contributed by atoms with Crippen LogP contribution in [0.2, 0.25) is 0 Å². The normalized spacial score (nSPS) is 11.6. The molecule has 0 bridgehead atoms. The molecule has 0 aliphatic carbocycles. The fourth-order valence-corrected chi connectivity index (χ4v) is 1.32. The zero-order chi connectivity index (χ0) is 13.7. The first-order chi connectivity index (χ1) is 8.41. The Labute approximate surface area is 102 Å². The average Bonchev–Trinajstić information content (AvgIpc) is 2.27. The number of aryl methyl sites for hydroxylation is 1. The van der Waals surface area contributed by atoms with Crippen LogP contribution < -0.4 is 5.32 Å². The summed E-state index contributed by atoms with van der Waals surface area (Å²) >= 11 is 0. The quantitative estimate of drug-likeness (QED) is 0.681. The van der Waals surface area contributed by atoms with Crippen molar-refractivity contribution in [3.63, 3.8) is 0 Å². The molecule has 1 aromatic heterocycles. The molecule has 0 aliphatic rings. The second-order valence-electron chi connectivity index (χ2n) is 3.63. The van der Waals surface area contributed by atoms with Crippen molar-refractivity contribution in [3.05, 3.63) is 29.6 Å². The van der Waals surface area contributed by atoms with Gasteiger partial charge in [0.15, 0.2) is 0 Å². The minimum atomic E-state index is -1.48. The van der Waals surface area contributed by atoms with Gasteiger partial charge in [-0.05, 0) is 18.6 Å². The Hall–Kier alpha value is -2.44. The van der Waals surface area contributed by atoms with Crippen LogP contribution in [0.25, 0.3) is 0 Å². The molecule has 0 unspecified atom stereocenters. The van der Waals surface area contributed by atoms with Gasteiger partial charge in [-0.25, -0.2) is 4.79 Å². The average molecular weight is 252 g/mol. The van der Waals surface area contributed by atoms with Crippen molar-refractivity contribution in [3.8, 4) is 0 Å². The summed E-state index contributed by atoms with van der Waals surface area (Å²) in [6.45, 7) is 1.65. The summed E-state index contributed by atoms with van der Waals surface area (Å²) in [4.78, 5) is 36.8. The molecule has 1 rings (SSSR count). The van der Waals surface area contributed by atoms with E-state index in [1.807, 2.05) is 0 Å². The molecule has 7 heteroatoms. The van der Waals surface area contributed by atoms with E-state index >= 15 is 0 Å². The third-order valence-corrected chi connectivity index (χ3v) is 2.21. The van der Waals surface area contributed by atoms with Crippen LogP contribution in [0.3, 0.4) is 0 Å². The molecule has 1 atom stereocenters. The minimum Gasteiger partial charge on any atom is -0.481 e. The summed E-state index contributed by atoms with van der Waals surface area (Å²) in [5, 5.41) is 19.5. The molecular weight excluding hydrogens is 240 g/mol. The Balaban J connectivity index is 2.82. The van der Waals surface area contributed by atoms with Crippen LogP contribution in [0.5, 0.6) is 0 Å². The molecule has 0 spiro atoms. The predicted octanol–water partition coefficient (Wildman–Crippen LogP) is 0.0477. The van der Waals surface area contributed by atoms with Crippen molar-refractivity contribution in [1.29, 1.82) is 0 Å². The number of carbonyl (C=O) groups is 3. The molecule has 0 fully saturated rings. The van der Waals surface area contributed by atoms with Gasteiger partial charge in [0, 0.05) is 6.20 Å². The monoisotopic (exact) mass is 252 g/mol. The number of aliphatic carboxylic acids is 2. The predicted molar refractivity (Wildman–Crippen MR) is 60.1 cm³/mol. The molecule has 0 saturated carbocycles. The van der Waals surface area contributed by atoms with Gasteiger partial charge in [0.25, 0.3) is 5.91 Å². The van der Waals surface area contributed by atoms with Crippen molar-refractivity contribution in [2.45, 2.75) is 19.4 Å². The Morgan fingerprint density at radius 3 is 2.56 bits per heavy atom. The smallest absolute Gasteiger partial charge is 0.326 e. The standard InChI is InChI=1S/C11H12N2O5/c1-6-3-2-4-12-9(6)10(16)13-7(11(17)18)5-8(14)15/h2-4,7H,5H2,1H3,(H,13,16)(H,14,15)(H,17,18)/t7-/m0/s1. The lowest BCUT2D eigenvalue weighted by molar-refractivity contribution is -0.145. The number of carboxylic acids is 2. The van der Waals surface area contributed by atoms with Crippen LogP contribution in [-0.4, -0.2) is 39.1 Å². The maximum atomic E-state index is 11.7. The van der Waals surface area contributed by atoms with Crippen molar-refractivity contribution in [2.75, 3.05) is 0 Å². The largest absolute Gasteiger partial charge is 0.481 e. The number of carboxylic acid groups (broad SMARTS) is 2. The van der Waals surface area contributed by atoms with E-state index in [1.54, 1.807) is 19.1 Å². The molecule has 0 radical (unpaired) electrons. The summed E-state index contributed by atoms with van der Waals surface area (Å²) in [6.07, 6.45) is 0.710. The zero-order valence-electron chi connectivity index (χ0n) is 9.58. The molecule has 3 N–H and O–H groups in total. The van der Waals surface area contributed by atoms with E-state index in [4.69, 9.17) is 10.2 Å². The second kappa shape index (κ2) is 5.76. The van der Waals surface area contributed by atoms with E-state index < -0.39 is 30.3 Å². The van der Waals surface area contributed by atoms with Crippen molar-refractivity contribution >= 4 is 17.8 Å². The van der Waals surface area contributed by atoms with Crippen LogP contribution in [0.4, 0.5) is 0 Å². The van der Waals surface area contributed by atoms with Gasteiger partial charge >= 0.3 is 11.9 Å². The van der Waals surface area contributed by atoms with Gasteiger partial charge in [-0.15, -0.1) is 0 Å². The lowest BCUT2D eigenvalue weighted by Crippen LogP contribution is -2.42. The van der Waals surface area contributed by atoms with Crippen molar-refractivity contribution in [2.24, 2.45) is 0 Å². The fourth-order valence-electron chi connectivity index (χ4n) is 1.32. The number of hydrogen-bond donors (Lipinski definition) is 3. The van der Waals surface area contributed by atoms with Gasteiger partial charge in [0.1, 0.15) is 11.7 Å². The summed E-state index contributed by atoms with van der Waals surface area (Å²) in [5.74, 6) is -3.42. The summed E-state index contributed by atoms with van der Waals surface area (Å²) in [5.41, 5.74) is 0.656. The highest BCUT2D eigenvalue weighted by molar-refractivity contribution is 5.96. The highest BCUT2D eigenvalue weighted by Crippen LogP contribution is 2.04. The lowest BCUT2D eigenvalue weighted by atomic mass is 10.1. The molecule has 0 aliphatic heterocycles. The molecule has 18 heavy (non-hydrogen) atoms. The Morgan fingerprint density at radius 1 is 1.39 bits per heavy atom. The zero-order valence-corrected chi connectivity index (χ0v) is 9.58. The van der Waals surface area contributed by atoms with Gasteiger partial charge in [0.05, 0.1) is 6.42 Å². The number of pyridine rings is 1. The third-order valence-electron chi connectivity index (χ3n) is 2.21. The highest BCUT2D eigenvalue weighted by Gasteiger charge is 2.24. The van der Waals surface area contributed by atoms with Gasteiger partial charge in [-0.2, -0.15) is 0 Å². The molecule has 7 nitrogen and oxygen atoms in total. The number of amides is 1. The minimum absolute atomic E-state index is 0.0779.